The van der Waals surface area contributed by atoms with Crippen LogP contribution in [0.3, 0.4) is 0 Å². The van der Waals surface area contributed by atoms with Gasteiger partial charge in [-0.05, 0) is 23.3 Å². The van der Waals surface area contributed by atoms with Crippen molar-refractivity contribution in [2.24, 2.45) is 11.3 Å². The van der Waals surface area contributed by atoms with Gasteiger partial charge in [-0.1, -0.05) is 52.3 Å². The molecule has 0 aromatic heterocycles. The van der Waals surface area contributed by atoms with E-state index in [-0.39, 0.29) is 0 Å². The van der Waals surface area contributed by atoms with Gasteiger partial charge in [-0.25, -0.2) is 0 Å². The lowest BCUT2D eigenvalue weighted by atomic mass is 9.86. The van der Waals surface area contributed by atoms with Gasteiger partial charge in [0.1, 0.15) is 0 Å². The molecule has 0 amide bonds. The van der Waals surface area contributed by atoms with Gasteiger partial charge >= 0.3 is 0 Å². The smallest absolute Gasteiger partial charge is 0.0124 e. The molecule has 0 heteroatoms. The Hall–Kier alpha value is -0.520. The fourth-order valence-corrected chi connectivity index (χ4v) is 1.47. The minimum absolute atomic E-state index is 0.354. The highest BCUT2D eigenvalue weighted by Crippen LogP contribution is 2.35. The molecular weight excluding hydrogens is 144 g/mol. The van der Waals surface area contributed by atoms with Crippen molar-refractivity contribution in [2.45, 2.75) is 41.0 Å². The van der Waals surface area contributed by atoms with Gasteiger partial charge in [0, 0.05) is 0 Å². The van der Waals surface area contributed by atoms with E-state index in [0.29, 0.717) is 11.3 Å². The van der Waals surface area contributed by atoms with Gasteiger partial charge in [-0.3, -0.25) is 0 Å². The molecule has 1 aliphatic carbocycles. The van der Waals surface area contributed by atoms with Crippen LogP contribution < -0.4 is 0 Å². The zero-order chi connectivity index (χ0) is 9.35. The number of rotatable bonds is 1. The van der Waals surface area contributed by atoms with E-state index >= 15 is 0 Å². The van der Waals surface area contributed by atoms with Crippen LogP contribution in [0.15, 0.2) is 23.3 Å². The predicted octanol–water partition coefficient (Wildman–Crippen LogP) is 3.95. The topological polar surface area (TPSA) is 0 Å². The van der Waals surface area contributed by atoms with Crippen molar-refractivity contribution in [3.8, 4) is 0 Å². The maximum Gasteiger partial charge on any atom is -0.0124 e. The van der Waals surface area contributed by atoms with Gasteiger partial charge in [-0.2, -0.15) is 0 Å². The molecule has 0 spiro atoms. The summed E-state index contributed by atoms with van der Waals surface area (Å²) in [5.74, 6) is 0.685. The molecule has 0 fully saturated rings. The first kappa shape index (κ1) is 9.57. The summed E-state index contributed by atoms with van der Waals surface area (Å²) in [6.45, 7) is 11.4. The van der Waals surface area contributed by atoms with Crippen LogP contribution in [0.1, 0.15) is 41.0 Å². The highest BCUT2D eigenvalue weighted by molar-refractivity contribution is 5.36. The Morgan fingerprint density at radius 3 is 2.08 bits per heavy atom. The summed E-state index contributed by atoms with van der Waals surface area (Å²) < 4.78 is 0. The molecule has 68 valence electrons. The highest BCUT2D eigenvalue weighted by atomic mass is 14.3. The van der Waals surface area contributed by atoms with Gasteiger partial charge in [0.2, 0.25) is 0 Å². The molecule has 0 radical (unpaired) electrons. The summed E-state index contributed by atoms with van der Waals surface area (Å²) in [6.07, 6.45) is 5.91. The Morgan fingerprint density at radius 2 is 1.83 bits per heavy atom. The van der Waals surface area contributed by atoms with Crippen molar-refractivity contribution in [1.82, 2.24) is 0 Å². The number of allylic oxidation sites excluding steroid dienone is 4. The van der Waals surface area contributed by atoms with Crippen LogP contribution in [0.2, 0.25) is 0 Å². The Labute approximate surface area is 76.4 Å². The minimum Gasteiger partial charge on any atom is -0.0770 e. The van der Waals surface area contributed by atoms with Crippen LogP contribution >= 0.6 is 0 Å². The maximum atomic E-state index is 2.38. The molecule has 0 atom stereocenters. The van der Waals surface area contributed by atoms with Crippen molar-refractivity contribution in [1.29, 1.82) is 0 Å². The Kier molecular flexibility index (Phi) is 2.46. The summed E-state index contributed by atoms with van der Waals surface area (Å²) in [5, 5.41) is 0. The fraction of sp³-hybridized carbons (Fsp3) is 0.667. The second kappa shape index (κ2) is 3.08. The van der Waals surface area contributed by atoms with Crippen molar-refractivity contribution in [3.05, 3.63) is 23.3 Å². The molecule has 1 rings (SSSR count). The summed E-state index contributed by atoms with van der Waals surface area (Å²) in [4.78, 5) is 0. The molecule has 0 bridgehead atoms. The lowest BCUT2D eigenvalue weighted by molar-refractivity contribution is 0.496. The quantitative estimate of drug-likeness (QED) is 0.550. The largest absolute Gasteiger partial charge is 0.0770 e. The SMILES string of the molecule is CC(C)C1=CCC(C(C)(C)C)=C1. The zero-order valence-electron chi connectivity index (χ0n) is 8.94. The average Bonchev–Trinajstić information content (AvgIpc) is 2.30. The third kappa shape index (κ3) is 2.00. The second-order valence-corrected chi connectivity index (χ2v) is 4.98. The lowest BCUT2D eigenvalue weighted by Crippen LogP contribution is -2.07. The molecule has 0 saturated carbocycles. The summed E-state index contributed by atoms with van der Waals surface area (Å²) >= 11 is 0. The van der Waals surface area contributed by atoms with Crippen LogP contribution in [0.4, 0.5) is 0 Å². The summed E-state index contributed by atoms with van der Waals surface area (Å²) in [7, 11) is 0. The molecule has 0 saturated heterocycles. The third-order valence-corrected chi connectivity index (χ3v) is 2.53. The maximum absolute atomic E-state index is 2.38. The van der Waals surface area contributed by atoms with Gasteiger partial charge in [0.15, 0.2) is 0 Å². The second-order valence-electron chi connectivity index (χ2n) is 4.98. The lowest BCUT2D eigenvalue weighted by Gasteiger charge is -2.20. The van der Waals surface area contributed by atoms with Gasteiger partial charge in [0.25, 0.3) is 0 Å². The monoisotopic (exact) mass is 164 g/mol. The van der Waals surface area contributed by atoms with Crippen LogP contribution in [0, 0.1) is 11.3 Å². The van der Waals surface area contributed by atoms with Crippen LogP contribution in [0.25, 0.3) is 0 Å². The molecule has 0 aromatic rings. The molecule has 0 aliphatic heterocycles. The Morgan fingerprint density at radius 1 is 1.25 bits per heavy atom. The first-order chi connectivity index (χ1) is 5.41. The van der Waals surface area contributed by atoms with Crippen molar-refractivity contribution < 1.29 is 0 Å². The number of hydrogen-bond acceptors (Lipinski definition) is 0. The standard InChI is InChI=1S/C12H20/c1-9(2)10-6-7-11(8-10)12(3,4)5/h6,8-9H,7H2,1-5H3. The van der Waals surface area contributed by atoms with E-state index in [4.69, 9.17) is 0 Å². The molecular formula is C12H20. The molecule has 0 N–H and O–H groups in total. The highest BCUT2D eigenvalue weighted by Gasteiger charge is 2.20. The number of hydrogen-bond donors (Lipinski definition) is 0. The normalized spacial score (nSPS) is 18.2. The van der Waals surface area contributed by atoms with Crippen LogP contribution in [-0.4, -0.2) is 0 Å². The van der Waals surface area contributed by atoms with Gasteiger partial charge in [0.05, 0.1) is 0 Å². The van der Waals surface area contributed by atoms with Crippen molar-refractivity contribution in [3.63, 3.8) is 0 Å². The predicted molar refractivity (Wildman–Crippen MR) is 55.1 cm³/mol. The van der Waals surface area contributed by atoms with E-state index in [1.165, 1.54) is 5.57 Å². The van der Waals surface area contributed by atoms with E-state index in [9.17, 15) is 0 Å². The fourth-order valence-electron chi connectivity index (χ4n) is 1.47. The third-order valence-electron chi connectivity index (χ3n) is 2.53. The van der Waals surface area contributed by atoms with Crippen LogP contribution in [0.5, 0.6) is 0 Å². The van der Waals surface area contributed by atoms with E-state index < -0.39 is 0 Å². The zero-order valence-corrected chi connectivity index (χ0v) is 8.94. The van der Waals surface area contributed by atoms with Crippen molar-refractivity contribution in [2.75, 3.05) is 0 Å². The average molecular weight is 164 g/mol. The van der Waals surface area contributed by atoms with E-state index in [1.54, 1.807) is 5.57 Å². The summed E-state index contributed by atoms with van der Waals surface area (Å²) in [5.41, 5.74) is 3.44. The van der Waals surface area contributed by atoms with Gasteiger partial charge < -0.3 is 0 Å². The molecule has 0 unspecified atom stereocenters. The molecule has 1 aliphatic rings. The Bertz CT molecular complexity index is 221. The molecule has 0 aromatic carbocycles. The minimum atomic E-state index is 0.354. The van der Waals surface area contributed by atoms with Crippen molar-refractivity contribution >= 4 is 0 Å². The van der Waals surface area contributed by atoms with E-state index in [1.807, 2.05) is 0 Å². The van der Waals surface area contributed by atoms with Crippen LogP contribution in [-0.2, 0) is 0 Å². The first-order valence-electron chi connectivity index (χ1n) is 4.82. The van der Waals surface area contributed by atoms with E-state index in [0.717, 1.165) is 6.42 Å². The molecule has 0 nitrogen and oxygen atoms in total. The Balaban J connectivity index is 2.74. The summed E-state index contributed by atoms with van der Waals surface area (Å²) in [6, 6.07) is 0. The first-order valence-corrected chi connectivity index (χ1v) is 4.82. The molecule has 0 heterocycles. The molecule has 12 heavy (non-hydrogen) atoms. The van der Waals surface area contributed by atoms with Gasteiger partial charge in [-0.15, -0.1) is 0 Å². The van der Waals surface area contributed by atoms with E-state index in [2.05, 4.69) is 46.8 Å².